The van der Waals surface area contributed by atoms with Gasteiger partial charge in [-0.25, -0.2) is 0 Å². The van der Waals surface area contributed by atoms with Gasteiger partial charge in [-0.15, -0.1) is 0 Å². The molecule has 8 heteroatoms. The lowest BCUT2D eigenvalue weighted by atomic mass is 10.00. The molecule has 2 rings (SSSR count). The van der Waals surface area contributed by atoms with E-state index in [9.17, 15) is 14.9 Å². The third kappa shape index (κ3) is 5.67. The molecule has 1 aromatic carbocycles. The number of non-ortho nitro benzene ring substituents is 1. The quantitative estimate of drug-likeness (QED) is 0.586. The minimum absolute atomic E-state index is 0.0162. The smallest absolute Gasteiger partial charge is 0.269 e. The molecule has 0 bridgehead atoms. The summed E-state index contributed by atoms with van der Waals surface area (Å²) in [5.74, 6) is 0.187. The van der Waals surface area contributed by atoms with Gasteiger partial charge in [-0.3, -0.25) is 19.8 Å². The summed E-state index contributed by atoms with van der Waals surface area (Å²) in [6.45, 7) is 10.3. The zero-order chi connectivity index (χ0) is 19.3. The van der Waals surface area contributed by atoms with Crippen molar-refractivity contribution in [2.45, 2.75) is 45.4 Å². The Labute approximate surface area is 153 Å². The fourth-order valence-corrected chi connectivity index (χ4v) is 2.96. The van der Waals surface area contributed by atoms with Crippen LogP contribution < -0.4 is 10.1 Å². The molecule has 1 fully saturated rings. The van der Waals surface area contributed by atoms with Crippen LogP contribution in [0.4, 0.5) is 5.69 Å². The number of carbonyl (C=O) groups is 1. The van der Waals surface area contributed by atoms with E-state index < -0.39 is 4.92 Å². The first-order valence-electron chi connectivity index (χ1n) is 8.72. The Morgan fingerprint density at radius 1 is 1.31 bits per heavy atom. The maximum absolute atomic E-state index is 12.1. The SMILES string of the molecule is C[C@H]1CN(C(C)(C)CNC(=O)COc2ccc([N+](=O)[O-])cc2)C[C@H](C)O1. The lowest BCUT2D eigenvalue weighted by Gasteiger charge is -2.45. The summed E-state index contributed by atoms with van der Waals surface area (Å²) in [6, 6.07) is 5.64. The van der Waals surface area contributed by atoms with E-state index in [1.807, 2.05) is 0 Å². The van der Waals surface area contributed by atoms with E-state index in [2.05, 4.69) is 37.9 Å². The van der Waals surface area contributed by atoms with Crippen molar-refractivity contribution in [1.82, 2.24) is 10.2 Å². The van der Waals surface area contributed by atoms with Crippen LogP contribution in [0.2, 0.25) is 0 Å². The van der Waals surface area contributed by atoms with Gasteiger partial charge in [0, 0.05) is 37.3 Å². The number of benzene rings is 1. The zero-order valence-corrected chi connectivity index (χ0v) is 15.7. The summed E-state index contributed by atoms with van der Waals surface area (Å²) in [7, 11) is 0. The average molecular weight is 365 g/mol. The van der Waals surface area contributed by atoms with E-state index in [1.165, 1.54) is 24.3 Å². The molecular weight excluding hydrogens is 338 g/mol. The van der Waals surface area contributed by atoms with Crippen molar-refractivity contribution in [2.75, 3.05) is 26.2 Å². The summed E-state index contributed by atoms with van der Waals surface area (Å²) >= 11 is 0. The van der Waals surface area contributed by atoms with Crippen LogP contribution >= 0.6 is 0 Å². The first-order chi connectivity index (χ1) is 12.2. The Balaban J connectivity index is 1.79. The van der Waals surface area contributed by atoms with Gasteiger partial charge in [0.1, 0.15) is 5.75 Å². The van der Waals surface area contributed by atoms with Crippen LogP contribution in [0, 0.1) is 10.1 Å². The van der Waals surface area contributed by atoms with Crippen molar-refractivity contribution < 1.29 is 19.2 Å². The van der Waals surface area contributed by atoms with Crippen LogP contribution in [-0.2, 0) is 9.53 Å². The van der Waals surface area contributed by atoms with E-state index in [-0.39, 0.29) is 35.9 Å². The molecular formula is C18H27N3O5. The number of rotatable bonds is 7. The van der Waals surface area contributed by atoms with Crippen LogP contribution in [0.3, 0.4) is 0 Å². The van der Waals surface area contributed by atoms with Gasteiger partial charge in [0.25, 0.3) is 11.6 Å². The van der Waals surface area contributed by atoms with Gasteiger partial charge in [-0.1, -0.05) is 0 Å². The lowest BCUT2D eigenvalue weighted by molar-refractivity contribution is -0.384. The highest BCUT2D eigenvalue weighted by atomic mass is 16.6. The molecule has 26 heavy (non-hydrogen) atoms. The predicted octanol–water partition coefficient (Wildman–Crippen LogP) is 1.98. The van der Waals surface area contributed by atoms with Crippen molar-refractivity contribution in [3.8, 4) is 5.75 Å². The summed E-state index contributed by atoms with van der Waals surface area (Å²) in [6.07, 6.45) is 0.332. The molecule has 8 nitrogen and oxygen atoms in total. The van der Waals surface area contributed by atoms with E-state index in [0.717, 1.165) is 13.1 Å². The molecule has 0 unspecified atom stereocenters. The molecule has 1 amide bonds. The molecule has 2 atom stereocenters. The summed E-state index contributed by atoms with van der Waals surface area (Å²) in [4.78, 5) is 24.5. The highest BCUT2D eigenvalue weighted by Gasteiger charge is 2.33. The van der Waals surface area contributed by atoms with Crippen molar-refractivity contribution in [1.29, 1.82) is 0 Å². The van der Waals surface area contributed by atoms with Gasteiger partial charge >= 0.3 is 0 Å². The van der Waals surface area contributed by atoms with Gasteiger partial charge in [0.15, 0.2) is 6.61 Å². The Morgan fingerprint density at radius 2 is 1.88 bits per heavy atom. The summed E-state index contributed by atoms with van der Waals surface area (Å²) < 4.78 is 11.1. The fourth-order valence-electron chi connectivity index (χ4n) is 2.96. The van der Waals surface area contributed by atoms with Crippen LogP contribution in [0.1, 0.15) is 27.7 Å². The summed E-state index contributed by atoms with van der Waals surface area (Å²) in [5, 5.41) is 13.5. The number of carbonyl (C=O) groups excluding carboxylic acids is 1. The molecule has 0 aliphatic carbocycles. The van der Waals surface area contributed by atoms with Crippen molar-refractivity contribution in [3.05, 3.63) is 34.4 Å². The Morgan fingerprint density at radius 3 is 2.42 bits per heavy atom. The second kappa shape index (κ2) is 8.46. The number of hydrogen-bond acceptors (Lipinski definition) is 6. The molecule has 1 heterocycles. The minimum atomic E-state index is -0.480. The molecule has 1 aromatic rings. The van der Waals surface area contributed by atoms with Crippen LogP contribution in [0.15, 0.2) is 24.3 Å². The van der Waals surface area contributed by atoms with Gasteiger partial charge in [-0.2, -0.15) is 0 Å². The number of nitro benzene ring substituents is 1. The standard InChI is InChI=1S/C18H27N3O5/c1-13-9-20(10-14(2)26-13)18(3,4)12-19-17(22)11-25-16-7-5-15(6-8-16)21(23)24/h5-8,13-14H,9-12H2,1-4H3,(H,19,22)/t13-,14-/m0/s1. The van der Waals surface area contributed by atoms with Crippen molar-refractivity contribution in [3.63, 3.8) is 0 Å². The number of nitrogens with one attached hydrogen (secondary N) is 1. The Kier molecular flexibility index (Phi) is 6.55. The molecule has 1 aliphatic rings. The van der Waals surface area contributed by atoms with E-state index >= 15 is 0 Å². The highest BCUT2D eigenvalue weighted by molar-refractivity contribution is 5.77. The second-order valence-corrected chi connectivity index (χ2v) is 7.29. The molecule has 0 radical (unpaired) electrons. The molecule has 1 N–H and O–H groups in total. The molecule has 0 spiro atoms. The summed E-state index contributed by atoms with van der Waals surface area (Å²) in [5.41, 5.74) is -0.215. The molecule has 0 aromatic heterocycles. The van der Waals surface area contributed by atoms with E-state index in [0.29, 0.717) is 12.3 Å². The first-order valence-corrected chi connectivity index (χ1v) is 8.72. The third-order valence-electron chi connectivity index (χ3n) is 4.41. The predicted molar refractivity (Wildman–Crippen MR) is 97.3 cm³/mol. The van der Waals surface area contributed by atoms with Gasteiger partial charge in [0.2, 0.25) is 0 Å². The molecule has 1 saturated heterocycles. The highest BCUT2D eigenvalue weighted by Crippen LogP contribution is 2.21. The van der Waals surface area contributed by atoms with E-state index in [4.69, 9.17) is 9.47 Å². The minimum Gasteiger partial charge on any atom is -0.484 e. The zero-order valence-electron chi connectivity index (χ0n) is 15.7. The number of hydrogen-bond donors (Lipinski definition) is 1. The maximum Gasteiger partial charge on any atom is 0.269 e. The van der Waals surface area contributed by atoms with Crippen LogP contribution in [-0.4, -0.2) is 59.7 Å². The monoisotopic (exact) mass is 365 g/mol. The normalized spacial score (nSPS) is 21.2. The number of ether oxygens (including phenoxy) is 2. The number of nitro groups is 1. The number of nitrogens with zero attached hydrogens (tertiary/aromatic N) is 2. The topological polar surface area (TPSA) is 93.9 Å². The Hall–Kier alpha value is -2.19. The van der Waals surface area contributed by atoms with Gasteiger partial charge in [-0.05, 0) is 39.8 Å². The molecule has 144 valence electrons. The van der Waals surface area contributed by atoms with Gasteiger partial charge in [0.05, 0.1) is 17.1 Å². The van der Waals surface area contributed by atoms with Crippen LogP contribution in [0.25, 0.3) is 0 Å². The fraction of sp³-hybridized carbons (Fsp3) is 0.611. The number of morpholine rings is 1. The van der Waals surface area contributed by atoms with Crippen molar-refractivity contribution in [2.24, 2.45) is 0 Å². The third-order valence-corrected chi connectivity index (χ3v) is 4.41. The number of amides is 1. The maximum atomic E-state index is 12.1. The first kappa shape index (κ1) is 20.1. The lowest BCUT2D eigenvalue weighted by Crippen LogP contribution is -2.58. The molecule has 1 aliphatic heterocycles. The second-order valence-electron chi connectivity index (χ2n) is 7.29. The van der Waals surface area contributed by atoms with Crippen LogP contribution in [0.5, 0.6) is 5.75 Å². The Bertz CT molecular complexity index is 622. The average Bonchev–Trinajstić information content (AvgIpc) is 2.57. The molecule has 0 saturated carbocycles. The van der Waals surface area contributed by atoms with E-state index in [1.54, 1.807) is 0 Å². The van der Waals surface area contributed by atoms with Crippen molar-refractivity contribution >= 4 is 11.6 Å². The van der Waals surface area contributed by atoms with Gasteiger partial charge < -0.3 is 14.8 Å². The largest absolute Gasteiger partial charge is 0.484 e.